The van der Waals surface area contributed by atoms with E-state index in [1.54, 1.807) is 0 Å². The van der Waals surface area contributed by atoms with Crippen LogP contribution in [0.4, 0.5) is 0 Å². The minimum absolute atomic E-state index is 0.414. The molecule has 0 amide bonds. The van der Waals surface area contributed by atoms with E-state index in [9.17, 15) is 0 Å². The molecular weight excluding hydrogens is 184 g/mol. The molecule has 0 atom stereocenters. The topological polar surface area (TPSA) is 29.3 Å². The van der Waals surface area contributed by atoms with Crippen molar-refractivity contribution in [3.05, 3.63) is 35.4 Å². The highest BCUT2D eigenvalue weighted by atomic mass is 15.2. The fourth-order valence-corrected chi connectivity index (χ4v) is 2.36. The molecule has 1 saturated carbocycles. The van der Waals surface area contributed by atoms with Crippen LogP contribution in [-0.4, -0.2) is 24.0 Å². The number of benzene rings is 1. The zero-order valence-electron chi connectivity index (χ0n) is 9.02. The van der Waals surface area contributed by atoms with Gasteiger partial charge >= 0.3 is 0 Å². The van der Waals surface area contributed by atoms with Crippen LogP contribution in [-0.2, 0) is 6.54 Å². The molecule has 1 aromatic rings. The number of nitrogens with two attached hydrogens (primary N) is 1. The minimum Gasteiger partial charge on any atom is -0.325 e. The maximum absolute atomic E-state index is 5.77. The van der Waals surface area contributed by atoms with Crippen molar-refractivity contribution in [3.8, 4) is 0 Å². The minimum atomic E-state index is 0.414. The number of likely N-dealkylation sites (tertiary alicyclic amines) is 1. The van der Waals surface area contributed by atoms with E-state index < -0.39 is 0 Å². The SMILES string of the molecule is NC1CN(Cc2cccc(C3CC3)c2)C1. The smallest absolute Gasteiger partial charge is 0.0297 e. The van der Waals surface area contributed by atoms with Crippen molar-refractivity contribution in [1.29, 1.82) is 0 Å². The summed E-state index contributed by atoms with van der Waals surface area (Å²) in [4.78, 5) is 2.41. The van der Waals surface area contributed by atoms with Gasteiger partial charge in [0.15, 0.2) is 0 Å². The largest absolute Gasteiger partial charge is 0.325 e. The Hall–Kier alpha value is -0.860. The average molecular weight is 202 g/mol. The molecule has 3 rings (SSSR count). The Kier molecular flexibility index (Phi) is 2.26. The Morgan fingerprint density at radius 1 is 1.27 bits per heavy atom. The molecule has 15 heavy (non-hydrogen) atoms. The molecule has 0 radical (unpaired) electrons. The fourth-order valence-electron chi connectivity index (χ4n) is 2.36. The van der Waals surface area contributed by atoms with Crippen LogP contribution in [0.3, 0.4) is 0 Å². The number of rotatable bonds is 3. The summed E-state index contributed by atoms with van der Waals surface area (Å²) in [6, 6.07) is 9.49. The highest BCUT2D eigenvalue weighted by Gasteiger charge is 2.25. The molecule has 1 heterocycles. The van der Waals surface area contributed by atoms with Crippen LogP contribution < -0.4 is 5.73 Å². The second-order valence-corrected chi connectivity index (χ2v) is 4.97. The van der Waals surface area contributed by atoms with Crippen molar-refractivity contribution in [2.75, 3.05) is 13.1 Å². The van der Waals surface area contributed by atoms with Crippen LogP contribution in [0.15, 0.2) is 24.3 Å². The Morgan fingerprint density at radius 3 is 2.73 bits per heavy atom. The molecule has 80 valence electrons. The van der Waals surface area contributed by atoms with Gasteiger partial charge in [0.1, 0.15) is 0 Å². The van der Waals surface area contributed by atoms with Gasteiger partial charge in [-0.3, -0.25) is 4.90 Å². The molecule has 1 aromatic carbocycles. The zero-order valence-corrected chi connectivity index (χ0v) is 9.02. The van der Waals surface area contributed by atoms with Crippen LogP contribution >= 0.6 is 0 Å². The molecule has 0 unspecified atom stereocenters. The molecular formula is C13H18N2. The molecule has 0 spiro atoms. The van der Waals surface area contributed by atoms with Crippen LogP contribution in [0.5, 0.6) is 0 Å². The molecule has 1 aliphatic carbocycles. The fraction of sp³-hybridized carbons (Fsp3) is 0.538. The van der Waals surface area contributed by atoms with Gasteiger partial charge in [-0.15, -0.1) is 0 Å². The maximum Gasteiger partial charge on any atom is 0.0297 e. The molecule has 2 nitrogen and oxygen atoms in total. The van der Waals surface area contributed by atoms with E-state index in [-0.39, 0.29) is 0 Å². The Balaban J connectivity index is 1.66. The molecule has 0 aromatic heterocycles. The van der Waals surface area contributed by atoms with E-state index in [2.05, 4.69) is 29.2 Å². The molecule has 1 aliphatic heterocycles. The Morgan fingerprint density at radius 2 is 2.07 bits per heavy atom. The van der Waals surface area contributed by atoms with Crippen LogP contribution in [0.25, 0.3) is 0 Å². The average Bonchev–Trinajstić information content (AvgIpc) is 2.99. The van der Waals surface area contributed by atoms with Gasteiger partial charge in [-0.25, -0.2) is 0 Å². The van der Waals surface area contributed by atoms with Crippen molar-refractivity contribution >= 4 is 0 Å². The van der Waals surface area contributed by atoms with E-state index in [1.165, 1.54) is 24.0 Å². The van der Waals surface area contributed by atoms with Gasteiger partial charge in [-0.05, 0) is 29.9 Å². The lowest BCUT2D eigenvalue weighted by Gasteiger charge is -2.36. The highest BCUT2D eigenvalue weighted by Crippen LogP contribution is 2.40. The first kappa shape index (κ1) is 9.37. The lowest BCUT2D eigenvalue weighted by molar-refractivity contribution is 0.142. The summed E-state index contributed by atoms with van der Waals surface area (Å²) in [7, 11) is 0. The summed E-state index contributed by atoms with van der Waals surface area (Å²) >= 11 is 0. The third kappa shape index (κ3) is 2.06. The van der Waals surface area contributed by atoms with Gasteiger partial charge in [0.05, 0.1) is 0 Å². The third-order valence-corrected chi connectivity index (χ3v) is 3.39. The summed E-state index contributed by atoms with van der Waals surface area (Å²) in [6.45, 7) is 3.20. The van der Waals surface area contributed by atoms with Crippen LogP contribution in [0.2, 0.25) is 0 Å². The molecule has 2 heteroatoms. The van der Waals surface area contributed by atoms with Crippen molar-refractivity contribution in [3.63, 3.8) is 0 Å². The van der Waals surface area contributed by atoms with E-state index in [0.717, 1.165) is 25.6 Å². The van der Waals surface area contributed by atoms with Crippen LogP contribution in [0, 0.1) is 0 Å². The van der Waals surface area contributed by atoms with Crippen molar-refractivity contribution < 1.29 is 0 Å². The van der Waals surface area contributed by atoms with Gasteiger partial charge in [-0.1, -0.05) is 24.3 Å². The zero-order chi connectivity index (χ0) is 10.3. The standard InChI is InChI=1S/C13H18N2/c14-13-8-15(9-13)7-10-2-1-3-12(6-10)11-4-5-11/h1-3,6,11,13H,4-5,7-9,14H2. The lowest BCUT2D eigenvalue weighted by atomic mass is 10.0. The van der Waals surface area contributed by atoms with Gasteiger partial charge < -0.3 is 5.73 Å². The van der Waals surface area contributed by atoms with E-state index in [4.69, 9.17) is 5.73 Å². The highest BCUT2D eigenvalue weighted by molar-refractivity contribution is 5.29. The maximum atomic E-state index is 5.77. The number of hydrogen-bond acceptors (Lipinski definition) is 2. The molecule has 2 N–H and O–H groups in total. The van der Waals surface area contributed by atoms with Gasteiger partial charge in [-0.2, -0.15) is 0 Å². The first-order chi connectivity index (χ1) is 7.31. The quantitative estimate of drug-likeness (QED) is 0.808. The summed E-state index contributed by atoms with van der Waals surface area (Å²) < 4.78 is 0. The lowest BCUT2D eigenvalue weighted by Crippen LogP contribution is -2.54. The monoisotopic (exact) mass is 202 g/mol. The van der Waals surface area contributed by atoms with E-state index in [0.29, 0.717) is 6.04 Å². The van der Waals surface area contributed by atoms with Crippen molar-refractivity contribution in [1.82, 2.24) is 4.90 Å². The third-order valence-electron chi connectivity index (χ3n) is 3.39. The van der Waals surface area contributed by atoms with E-state index >= 15 is 0 Å². The molecule has 2 fully saturated rings. The second-order valence-electron chi connectivity index (χ2n) is 4.97. The molecule has 0 bridgehead atoms. The van der Waals surface area contributed by atoms with Crippen molar-refractivity contribution in [2.45, 2.75) is 31.3 Å². The van der Waals surface area contributed by atoms with E-state index in [1.807, 2.05) is 0 Å². The Labute approximate surface area is 91.1 Å². The normalized spacial score (nSPS) is 22.7. The summed E-state index contributed by atoms with van der Waals surface area (Å²) in [5.74, 6) is 0.864. The van der Waals surface area contributed by atoms with Gasteiger partial charge in [0.25, 0.3) is 0 Å². The molecule has 2 aliphatic rings. The number of nitrogens with zero attached hydrogens (tertiary/aromatic N) is 1. The van der Waals surface area contributed by atoms with Gasteiger partial charge in [0.2, 0.25) is 0 Å². The second kappa shape index (κ2) is 3.62. The van der Waals surface area contributed by atoms with Crippen molar-refractivity contribution in [2.24, 2.45) is 5.73 Å². The predicted octanol–water partition coefficient (Wildman–Crippen LogP) is 1.71. The van der Waals surface area contributed by atoms with Gasteiger partial charge in [0, 0.05) is 25.7 Å². The first-order valence-corrected chi connectivity index (χ1v) is 5.88. The first-order valence-electron chi connectivity index (χ1n) is 5.88. The number of hydrogen-bond donors (Lipinski definition) is 1. The summed E-state index contributed by atoms with van der Waals surface area (Å²) in [6.07, 6.45) is 2.77. The summed E-state index contributed by atoms with van der Waals surface area (Å²) in [5.41, 5.74) is 8.76. The Bertz CT molecular complexity index is 351. The molecule has 1 saturated heterocycles. The van der Waals surface area contributed by atoms with Crippen LogP contribution in [0.1, 0.15) is 29.9 Å². The predicted molar refractivity (Wildman–Crippen MR) is 61.7 cm³/mol. The summed E-state index contributed by atoms with van der Waals surface area (Å²) in [5, 5.41) is 0.